The molecule has 2 aromatic rings. The van der Waals surface area contributed by atoms with Crippen LogP contribution in [0.2, 0.25) is 0 Å². The van der Waals surface area contributed by atoms with Crippen molar-refractivity contribution in [1.29, 1.82) is 0 Å². The molecule has 0 heterocycles. The highest BCUT2D eigenvalue weighted by Crippen LogP contribution is 2.33. The summed E-state index contributed by atoms with van der Waals surface area (Å²) in [6, 6.07) is 9.79. The summed E-state index contributed by atoms with van der Waals surface area (Å²) < 4.78 is 77.9. The highest BCUT2D eigenvalue weighted by molar-refractivity contribution is 6.16. The molecule has 2 aromatic carbocycles. The van der Waals surface area contributed by atoms with Gasteiger partial charge in [0.25, 0.3) is 0 Å². The van der Waals surface area contributed by atoms with Crippen LogP contribution in [0, 0.1) is 0 Å². The zero-order chi connectivity index (χ0) is 23.3. The Kier molecular flexibility index (Phi) is 10.6. The smallest absolute Gasteiger partial charge is 0.416 e. The number of hydrogen-bond donors (Lipinski definition) is 0. The lowest BCUT2D eigenvalue weighted by molar-refractivity contribution is -0.879. The first-order chi connectivity index (χ1) is 14.3. The molecule has 0 aromatic heterocycles. The first-order valence-electron chi connectivity index (χ1n) is 9.77. The summed E-state index contributed by atoms with van der Waals surface area (Å²) in [5.74, 6) is 0. The minimum absolute atomic E-state index is 0. The summed E-state index contributed by atoms with van der Waals surface area (Å²) in [7, 11) is 4.03. The number of nitrogens with zero attached hydrogens (tertiary/aromatic N) is 1. The molecule has 9 heteroatoms. The van der Waals surface area contributed by atoms with Gasteiger partial charge >= 0.3 is 12.4 Å². The Morgan fingerprint density at radius 1 is 0.781 bits per heavy atom. The minimum Gasteiger partial charge on any atom is -1.00 e. The molecule has 0 radical (unpaired) electrons. The standard InChI is InChI=1S/C23H25ClF6N.HI/c1-31(2,16-24)15-5-3-4-6-21(17-7-11-19(12-8-17)22(25,26)27)18-9-13-20(14-10-18)23(28,29)30;/h6-14H,3-5,15-16H2,1-2H3;1H/q+1;/p-1. The molecule has 1 nitrogen and oxygen atoms in total. The molecule has 0 saturated heterocycles. The van der Waals surface area contributed by atoms with E-state index in [4.69, 9.17) is 11.6 Å². The zero-order valence-electron chi connectivity index (χ0n) is 17.7. The topological polar surface area (TPSA) is 0 Å². The van der Waals surface area contributed by atoms with Gasteiger partial charge in [-0.05, 0) is 60.2 Å². The maximum atomic E-state index is 12.9. The maximum Gasteiger partial charge on any atom is 0.416 e. The second-order valence-electron chi connectivity index (χ2n) is 8.04. The molecular formula is C23H25ClF6IN. The molecule has 0 saturated carbocycles. The van der Waals surface area contributed by atoms with Crippen molar-refractivity contribution in [3.63, 3.8) is 0 Å². The van der Waals surface area contributed by atoms with Crippen LogP contribution in [0.4, 0.5) is 26.3 Å². The normalized spacial score (nSPS) is 12.3. The summed E-state index contributed by atoms with van der Waals surface area (Å²) in [4.78, 5) is 0. The van der Waals surface area contributed by atoms with Crippen LogP contribution in [0.1, 0.15) is 41.5 Å². The lowest BCUT2D eigenvalue weighted by Gasteiger charge is -2.26. The van der Waals surface area contributed by atoms with Crippen molar-refractivity contribution >= 4 is 17.2 Å². The van der Waals surface area contributed by atoms with Crippen LogP contribution in [0.25, 0.3) is 5.57 Å². The van der Waals surface area contributed by atoms with Crippen molar-refractivity contribution in [2.45, 2.75) is 31.6 Å². The summed E-state index contributed by atoms with van der Waals surface area (Å²) in [6.07, 6.45) is -4.69. The van der Waals surface area contributed by atoms with Crippen molar-refractivity contribution in [1.82, 2.24) is 0 Å². The predicted molar refractivity (Wildman–Crippen MR) is 112 cm³/mol. The molecule has 0 bridgehead atoms. The molecule has 0 aliphatic carbocycles. The Balaban J connectivity index is 0.00000512. The number of unbranched alkanes of at least 4 members (excludes halogenated alkanes) is 2. The van der Waals surface area contributed by atoms with Crippen molar-refractivity contribution in [3.05, 3.63) is 76.9 Å². The van der Waals surface area contributed by atoms with E-state index >= 15 is 0 Å². The third kappa shape index (κ3) is 8.59. The van der Waals surface area contributed by atoms with E-state index in [0.717, 1.165) is 43.7 Å². The van der Waals surface area contributed by atoms with Crippen LogP contribution >= 0.6 is 11.6 Å². The summed E-state index contributed by atoms with van der Waals surface area (Å²) >= 11 is 5.91. The lowest BCUT2D eigenvalue weighted by Crippen LogP contribution is -3.00. The SMILES string of the molecule is C[N+](C)(CCl)CCCCC=C(c1ccc(C(F)(F)F)cc1)c1ccc(C(F)(F)F)cc1.[I-]. The second kappa shape index (κ2) is 11.7. The van der Waals surface area contributed by atoms with E-state index in [1.165, 1.54) is 24.3 Å². The molecule has 0 N–H and O–H groups in total. The van der Waals surface area contributed by atoms with Crippen molar-refractivity contribution in [2.75, 3.05) is 26.6 Å². The van der Waals surface area contributed by atoms with Gasteiger partial charge in [-0.2, -0.15) is 26.3 Å². The van der Waals surface area contributed by atoms with E-state index in [2.05, 4.69) is 0 Å². The molecule has 0 spiro atoms. The van der Waals surface area contributed by atoms with Gasteiger partial charge in [0, 0.05) is 0 Å². The molecule has 0 amide bonds. The Morgan fingerprint density at radius 3 is 1.53 bits per heavy atom. The summed E-state index contributed by atoms with van der Waals surface area (Å²) in [5.41, 5.74) is 0.0935. The predicted octanol–water partition coefficient (Wildman–Crippen LogP) is 4.60. The Morgan fingerprint density at radius 2 is 1.19 bits per heavy atom. The highest BCUT2D eigenvalue weighted by Gasteiger charge is 2.31. The van der Waals surface area contributed by atoms with Gasteiger partial charge in [0.1, 0.15) is 0 Å². The molecule has 0 unspecified atom stereocenters. The maximum absolute atomic E-state index is 12.9. The Hall–Kier alpha value is -1.26. The molecule has 32 heavy (non-hydrogen) atoms. The zero-order valence-corrected chi connectivity index (χ0v) is 20.6. The van der Waals surface area contributed by atoms with Crippen LogP contribution in [-0.2, 0) is 12.4 Å². The largest absolute Gasteiger partial charge is 1.00 e. The van der Waals surface area contributed by atoms with Gasteiger partial charge in [0.2, 0.25) is 0 Å². The van der Waals surface area contributed by atoms with Gasteiger partial charge in [-0.1, -0.05) is 41.9 Å². The number of allylic oxidation sites excluding steroid dienone is 1. The number of halogens is 8. The van der Waals surface area contributed by atoms with Crippen LogP contribution < -0.4 is 24.0 Å². The monoisotopic (exact) mass is 591 g/mol. The highest BCUT2D eigenvalue weighted by atomic mass is 127. The number of quaternary nitrogens is 1. The molecule has 0 aliphatic heterocycles. The van der Waals surface area contributed by atoms with Crippen LogP contribution in [-0.4, -0.2) is 31.1 Å². The van der Waals surface area contributed by atoms with Gasteiger partial charge in [0.05, 0.1) is 31.8 Å². The number of hydrogen-bond acceptors (Lipinski definition) is 0. The van der Waals surface area contributed by atoms with Gasteiger partial charge < -0.3 is 28.5 Å². The fourth-order valence-corrected chi connectivity index (χ4v) is 3.19. The lowest BCUT2D eigenvalue weighted by atomic mass is 9.94. The van der Waals surface area contributed by atoms with Gasteiger partial charge in [-0.15, -0.1) is 0 Å². The fourth-order valence-electron chi connectivity index (χ4n) is 3.07. The van der Waals surface area contributed by atoms with E-state index in [0.29, 0.717) is 33.6 Å². The summed E-state index contributed by atoms with van der Waals surface area (Å²) in [5, 5.41) is 0. The first kappa shape index (κ1) is 28.8. The first-order valence-corrected chi connectivity index (χ1v) is 10.3. The van der Waals surface area contributed by atoms with Crippen molar-refractivity contribution in [3.8, 4) is 0 Å². The fraction of sp³-hybridized carbons (Fsp3) is 0.391. The third-order valence-electron chi connectivity index (χ3n) is 4.94. The van der Waals surface area contributed by atoms with Crippen LogP contribution in [0.3, 0.4) is 0 Å². The third-order valence-corrected chi connectivity index (χ3v) is 5.58. The van der Waals surface area contributed by atoms with Crippen LogP contribution in [0.15, 0.2) is 54.6 Å². The van der Waals surface area contributed by atoms with E-state index in [-0.39, 0.29) is 24.0 Å². The van der Waals surface area contributed by atoms with Gasteiger partial charge in [0.15, 0.2) is 6.00 Å². The molecular weight excluding hydrogens is 567 g/mol. The molecule has 2 rings (SSSR count). The van der Waals surface area contributed by atoms with E-state index in [9.17, 15) is 26.3 Å². The average Bonchev–Trinajstić information content (AvgIpc) is 2.69. The van der Waals surface area contributed by atoms with E-state index in [1.807, 2.05) is 20.2 Å². The van der Waals surface area contributed by atoms with Crippen molar-refractivity contribution < 1.29 is 54.8 Å². The average molecular weight is 592 g/mol. The molecule has 0 atom stereocenters. The number of rotatable bonds is 8. The number of alkyl halides is 7. The molecule has 0 aliphatic rings. The van der Waals surface area contributed by atoms with Crippen LogP contribution in [0.5, 0.6) is 0 Å². The Labute approximate surface area is 206 Å². The Bertz CT molecular complexity index is 812. The quantitative estimate of drug-likeness (QED) is 0.105. The van der Waals surface area contributed by atoms with Crippen molar-refractivity contribution in [2.24, 2.45) is 0 Å². The second-order valence-corrected chi connectivity index (χ2v) is 8.28. The van der Waals surface area contributed by atoms with Gasteiger partial charge in [-0.3, -0.25) is 0 Å². The van der Waals surface area contributed by atoms with E-state index < -0.39 is 23.5 Å². The molecule has 178 valence electrons. The number of benzene rings is 2. The van der Waals surface area contributed by atoms with Gasteiger partial charge in [-0.25, -0.2) is 0 Å². The molecule has 0 fully saturated rings. The minimum atomic E-state index is -4.45. The van der Waals surface area contributed by atoms with E-state index in [1.54, 1.807) is 0 Å². The summed E-state index contributed by atoms with van der Waals surface area (Å²) in [6.45, 7) is 0.868.